The molecule has 4 atom stereocenters. The van der Waals surface area contributed by atoms with Crippen LogP contribution in [0.5, 0.6) is 0 Å². The van der Waals surface area contributed by atoms with Crippen LogP contribution in [0.4, 0.5) is 5.82 Å². The Labute approximate surface area is 118 Å². The van der Waals surface area contributed by atoms with E-state index in [0.717, 1.165) is 0 Å². The Kier molecular flexibility index (Phi) is 3.26. The molecule has 0 aromatic carbocycles. The number of aliphatic hydroxyl groups excluding tert-OH is 2. The number of aromatic nitrogens is 4. The molecule has 1 aliphatic heterocycles. The topological polar surface area (TPSA) is 157 Å². The summed E-state index contributed by atoms with van der Waals surface area (Å²) in [5.41, 5.74) is 0.568. The van der Waals surface area contributed by atoms with Gasteiger partial charge < -0.3 is 20.1 Å². The maximum Gasteiger partial charge on any atom is 0.165 e. The molecule has 10 nitrogen and oxygen atoms in total. The molecule has 0 saturated carbocycles. The number of rotatable bonds is 3. The lowest BCUT2D eigenvalue weighted by Crippen LogP contribution is -2.43. The lowest BCUT2D eigenvalue weighted by molar-refractivity contribution is -0.0673. The molecule has 0 aliphatic carbocycles. The predicted octanol–water partition coefficient (Wildman–Crippen LogP) is -1.30. The number of fused-ring (bicyclic) bond motifs is 1. The average molecular weight is 297 g/mol. The minimum atomic E-state index is -1.69. The van der Waals surface area contributed by atoms with Gasteiger partial charge in [0.2, 0.25) is 0 Å². The zero-order valence-electron chi connectivity index (χ0n) is 11.1. The summed E-state index contributed by atoms with van der Waals surface area (Å²) >= 11 is 0. The van der Waals surface area contributed by atoms with Crippen LogP contribution in [0.2, 0.25) is 0 Å². The summed E-state index contributed by atoms with van der Waals surface area (Å²) in [6.07, 6.45) is -1.88. The van der Waals surface area contributed by atoms with Gasteiger partial charge in [0.1, 0.15) is 23.9 Å². The fourth-order valence-corrected chi connectivity index (χ4v) is 2.44. The van der Waals surface area contributed by atoms with Crippen LogP contribution in [-0.4, -0.2) is 65.1 Å². The molecule has 1 saturated heterocycles. The standard InChI is InChI=1S/C11H15N5O5/c1-11(19)6(18)5(3-17)21-7(11)10-13-8-4(2-12-15-8)9(14-10)16-20/h2,5-7,17-20H,3H2,1H3,(H2,12,13,14,15,16)/t5-,6-,7+,11-/m1/s1. The van der Waals surface area contributed by atoms with Crippen molar-refractivity contribution in [3.05, 3.63) is 12.0 Å². The van der Waals surface area contributed by atoms with Crippen molar-refractivity contribution in [2.45, 2.75) is 30.8 Å². The summed E-state index contributed by atoms with van der Waals surface area (Å²) < 4.78 is 5.43. The summed E-state index contributed by atoms with van der Waals surface area (Å²) in [6.45, 7) is 0.912. The minimum Gasteiger partial charge on any atom is -0.394 e. The number of ether oxygens (including phenoxy) is 1. The predicted molar refractivity (Wildman–Crippen MR) is 68.4 cm³/mol. The Morgan fingerprint density at radius 2 is 2.24 bits per heavy atom. The number of nitrogens with zero attached hydrogens (tertiary/aromatic N) is 3. The molecule has 6 N–H and O–H groups in total. The molecular formula is C11H15N5O5. The number of aliphatic hydroxyl groups is 3. The highest BCUT2D eigenvalue weighted by molar-refractivity contribution is 5.85. The van der Waals surface area contributed by atoms with Crippen molar-refractivity contribution in [3.8, 4) is 0 Å². The monoisotopic (exact) mass is 297 g/mol. The first-order valence-electron chi connectivity index (χ1n) is 6.27. The zero-order valence-corrected chi connectivity index (χ0v) is 11.1. The first kappa shape index (κ1) is 14.1. The van der Waals surface area contributed by atoms with Crippen LogP contribution in [0, 0.1) is 0 Å². The van der Waals surface area contributed by atoms with E-state index in [1.54, 1.807) is 0 Å². The summed E-state index contributed by atoms with van der Waals surface area (Å²) in [4.78, 5) is 8.23. The van der Waals surface area contributed by atoms with Gasteiger partial charge in [-0.3, -0.25) is 15.8 Å². The van der Waals surface area contributed by atoms with E-state index in [4.69, 9.17) is 15.1 Å². The summed E-state index contributed by atoms with van der Waals surface area (Å²) in [7, 11) is 0. The Morgan fingerprint density at radius 1 is 1.48 bits per heavy atom. The van der Waals surface area contributed by atoms with Crippen molar-refractivity contribution in [3.63, 3.8) is 0 Å². The molecule has 1 fully saturated rings. The summed E-state index contributed by atoms with van der Waals surface area (Å²) in [6, 6.07) is 0. The maximum absolute atomic E-state index is 10.4. The third-order valence-corrected chi connectivity index (χ3v) is 3.64. The van der Waals surface area contributed by atoms with E-state index in [0.29, 0.717) is 11.0 Å². The second-order valence-corrected chi connectivity index (χ2v) is 5.08. The Balaban J connectivity index is 2.07. The van der Waals surface area contributed by atoms with Crippen molar-refractivity contribution in [1.29, 1.82) is 0 Å². The van der Waals surface area contributed by atoms with Crippen LogP contribution in [0.15, 0.2) is 6.20 Å². The van der Waals surface area contributed by atoms with Crippen molar-refractivity contribution in [2.75, 3.05) is 12.1 Å². The molecular weight excluding hydrogens is 282 g/mol. The second kappa shape index (κ2) is 4.86. The van der Waals surface area contributed by atoms with Crippen LogP contribution in [0.3, 0.4) is 0 Å². The zero-order chi connectivity index (χ0) is 15.2. The average Bonchev–Trinajstić information content (AvgIpc) is 3.02. The van der Waals surface area contributed by atoms with Gasteiger partial charge in [-0.2, -0.15) is 5.10 Å². The molecule has 21 heavy (non-hydrogen) atoms. The van der Waals surface area contributed by atoms with E-state index in [1.807, 2.05) is 5.48 Å². The molecule has 3 heterocycles. The van der Waals surface area contributed by atoms with Crippen LogP contribution >= 0.6 is 0 Å². The van der Waals surface area contributed by atoms with Gasteiger partial charge in [-0.25, -0.2) is 9.97 Å². The van der Waals surface area contributed by atoms with E-state index in [9.17, 15) is 10.2 Å². The van der Waals surface area contributed by atoms with Gasteiger partial charge in [-0.05, 0) is 6.92 Å². The summed E-state index contributed by atoms with van der Waals surface area (Å²) in [5.74, 6) is 0.133. The Morgan fingerprint density at radius 3 is 2.86 bits per heavy atom. The minimum absolute atomic E-state index is 0.0447. The fourth-order valence-electron chi connectivity index (χ4n) is 2.44. The van der Waals surface area contributed by atoms with Crippen LogP contribution < -0.4 is 5.48 Å². The van der Waals surface area contributed by atoms with Gasteiger partial charge >= 0.3 is 0 Å². The van der Waals surface area contributed by atoms with Gasteiger partial charge in [0.05, 0.1) is 18.2 Å². The normalized spacial score (nSPS) is 32.7. The highest BCUT2D eigenvalue weighted by Gasteiger charge is 2.53. The number of H-pyrrole nitrogens is 1. The van der Waals surface area contributed by atoms with Gasteiger partial charge in [-0.1, -0.05) is 0 Å². The van der Waals surface area contributed by atoms with E-state index in [1.165, 1.54) is 13.1 Å². The first-order chi connectivity index (χ1) is 9.98. The third-order valence-electron chi connectivity index (χ3n) is 3.64. The largest absolute Gasteiger partial charge is 0.394 e. The number of anilines is 1. The van der Waals surface area contributed by atoms with Crippen molar-refractivity contribution in [2.24, 2.45) is 0 Å². The van der Waals surface area contributed by atoms with E-state index >= 15 is 0 Å². The Bertz CT molecular complexity index is 659. The number of aromatic amines is 1. The van der Waals surface area contributed by atoms with Crippen LogP contribution in [-0.2, 0) is 4.74 Å². The van der Waals surface area contributed by atoms with Crippen molar-refractivity contribution < 1.29 is 25.3 Å². The van der Waals surface area contributed by atoms with Crippen LogP contribution in [0.1, 0.15) is 18.9 Å². The molecule has 114 valence electrons. The Hall–Kier alpha value is -1.85. The van der Waals surface area contributed by atoms with Gasteiger partial charge in [0.25, 0.3) is 0 Å². The number of hydrogen-bond acceptors (Lipinski definition) is 9. The molecule has 1 aliphatic rings. The van der Waals surface area contributed by atoms with Gasteiger partial charge in [0, 0.05) is 0 Å². The fraction of sp³-hybridized carbons (Fsp3) is 0.545. The second-order valence-electron chi connectivity index (χ2n) is 5.08. The smallest absolute Gasteiger partial charge is 0.165 e. The highest BCUT2D eigenvalue weighted by atomic mass is 16.6. The molecule has 0 amide bonds. The molecule has 0 spiro atoms. The lowest BCUT2D eigenvalue weighted by Gasteiger charge is -2.25. The maximum atomic E-state index is 10.4. The van der Waals surface area contributed by atoms with Gasteiger partial charge in [-0.15, -0.1) is 0 Å². The van der Waals surface area contributed by atoms with Crippen LogP contribution in [0.25, 0.3) is 11.0 Å². The molecule has 0 unspecified atom stereocenters. The SMILES string of the molecule is C[C@@]1(O)[C@H](O)[C@@H](CO)O[C@H]1c1nc(NO)c2cn[nH]c2n1. The molecule has 10 heteroatoms. The molecule has 3 rings (SSSR count). The third kappa shape index (κ3) is 2.04. The molecule has 0 bridgehead atoms. The van der Waals surface area contributed by atoms with E-state index in [2.05, 4.69) is 20.2 Å². The number of nitrogens with one attached hydrogen (secondary N) is 2. The highest BCUT2D eigenvalue weighted by Crippen LogP contribution is 2.40. The first-order valence-corrected chi connectivity index (χ1v) is 6.27. The molecule has 0 radical (unpaired) electrons. The summed E-state index contributed by atoms with van der Waals surface area (Å²) in [5, 5.41) is 45.5. The van der Waals surface area contributed by atoms with E-state index in [-0.39, 0.29) is 11.6 Å². The molecule has 2 aromatic rings. The number of hydrogen-bond donors (Lipinski definition) is 6. The lowest BCUT2D eigenvalue weighted by atomic mass is 9.92. The van der Waals surface area contributed by atoms with E-state index < -0.39 is 30.5 Å². The van der Waals surface area contributed by atoms with Crippen molar-refractivity contribution >= 4 is 16.9 Å². The quantitative estimate of drug-likeness (QED) is 0.379. The molecule has 2 aromatic heterocycles. The van der Waals surface area contributed by atoms with Crippen molar-refractivity contribution in [1.82, 2.24) is 20.2 Å². The van der Waals surface area contributed by atoms with Gasteiger partial charge in [0.15, 0.2) is 17.3 Å².